The highest BCUT2D eigenvalue weighted by molar-refractivity contribution is 5.96. The second kappa shape index (κ2) is 7.57. The molecule has 0 bridgehead atoms. The molecule has 1 rings (SSSR count). The summed E-state index contributed by atoms with van der Waals surface area (Å²) in [5, 5.41) is 11.9. The van der Waals surface area contributed by atoms with Gasteiger partial charge in [-0.3, -0.25) is 14.4 Å². The van der Waals surface area contributed by atoms with Crippen LogP contribution in [-0.4, -0.2) is 35.7 Å². The Morgan fingerprint density at radius 1 is 1.09 bits per heavy atom. The van der Waals surface area contributed by atoms with E-state index in [1.54, 1.807) is 26.0 Å². The van der Waals surface area contributed by atoms with Gasteiger partial charge < -0.3 is 10.4 Å². The number of hydrogen-bond donors (Lipinski definition) is 3. The lowest BCUT2D eigenvalue weighted by atomic mass is 9.87. The zero-order valence-corrected chi connectivity index (χ0v) is 14.4. The summed E-state index contributed by atoms with van der Waals surface area (Å²) < 4.78 is 0. The van der Waals surface area contributed by atoms with Crippen molar-refractivity contribution in [3.05, 3.63) is 35.4 Å². The third kappa shape index (κ3) is 7.25. The van der Waals surface area contributed by atoms with Crippen LogP contribution in [0.3, 0.4) is 0 Å². The molecular formula is C17H26N2O4. The van der Waals surface area contributed by atoms with Gasteiger partial charge >= 0.3 is 0 Å². The first kappa shape index (κ1) is 19.1. The third-order valence-electron chi connectivity index (χ3n) is 3.03. The average molecular weight is 322 g/mol. The molecule has 0 spiro atoms. The van der Waals surface area contributed by atoms with Gasteiger partial charge in [0.25, 0.3) is 11.8 Å². The van der Waals surface area contributed by atoms with E-state index in [-0.39, 0.29) is 24.5 Å². The molecule has 3 N–H and O–H groups in total. The summed E-state index contributed by atoms with van der Waals surface area (Å²) in [5.41, 5.74) is 2.77. The van der Waals surface area contributed by atoms with Gasteiger partial charge in [-0.15, -0.1) is 0 Å². The molecule has 23 heavy (non-hydrogen) atoms. The SMILES string of the molecule is CC(C)(O)CONC(=O)CNC(=O)c1ccc(C(C)(C)C)cc1. The summed E-state index contributed by atoms with van der Waals surface area (Å²) in [6.45, 7) is 9.16. The Labute approximate surface area is 137 Å². The predicted octanol–water partition coefficient (Wildman–Crippen LogP) is 1.53. The van der Waals surface area contributed by atoms with E-state index in [9.17, 15) is 14.7 Å². The quantitative estimate of drug-likeness (QED) is 0.693. The molecule has 0 saturated heterocycles. The van der Waals surface area contributed by atoms with E-state index >= 15 is 0 Å². The second-order valence-electron chi connectivity index (χ2n) is 7.14. The number of carbonyl (C=O) groups excluding carboxylic acids is 2. The van der Waals surface area contributed by atoms with Crippen LogP contribution in [-0.2, 0) is 15.0 Å². The van der Waals surface area contributed by atoms with Crippen molar-refractivity contribution in [1.29, 1.82) is 0 Å². The molecule has 0 saturated carbocycles. The first-order valence-corrected chi connectivity index (χ1v) is 7.51. The van der Waals surface area contributed by atoms with Crippen LogP contribution in [0.4, 0.5) is 0 Å². The minimum Gasteiger partial charge on any atom is -0.388 e. The first-order valence-electron chi connectivity index (χ1n) is 7.51. The van der Waals surface area contributed by atoms with Gasteiger partial charge in [0.2, 0.25) is 0 Å². The lowest BCUT2D eigenvalue weighted by Crippen LogP contribution is -2.39. The Balaban J connectivity index is 2.43. The number of amides is 2. The predicted molar refractivity (Wildman–Crippen MR) is 87.9 cm³/mol. The van der Waals surface area contributed by atoms with Crippen LogP contribution in [0, 0.1) is 0 Å². The van der Waals surface area contributed by atoms with E-state index in [4.69, 9.17) is 4.84 Å². The number of carbonyl (C=O) groups is 2. The molecule has 6 nitrogen and oxygen atoms in total. The summed E-state index contributed by atoms with van der Waals surface area (Å²) in [7, 11) is 0. The fraction of sp³-hybridized carbons (Fsp3) is 0.529. The molecule has 0 aliphatic carbocycles. The summed E-state index contributed by atoms with van der Waals surface area (Å²) in [6, 6.07) is 7.28. The molecule has 0 heterocycles. The largest absolute Gasteiger partial charge is 0.388 e. The van der Waals surface area contributed by atoms with E-state index < -0.39 is 11.5 Å². The summed E-state index contributed by atoms with van der Waals surface area (Å²) >= 11 is 0. The number of nitrogens with one attached hydrogen (secondary N) is 2. The number of hydrogen-bond acceptors (Lipinski definition) is 4. The number of rotatable bonds is 6. The van der Waals surface area contributed by atoms with Crippen molar-refractivity contribution in [1.82, 2.24) is 10.8 Å². The van der Waals surface area contributed by atoms with Crippen LogP contribution in [0.25, 0.3) is 0 Å². The van der Waals surface area contributed by atoms with Crippen LogP contribution in [0.2, 0.25) is 0 Å². The molecular weight excluding hydrogens is 296 g/mol. The van der Waals surface area contributed by atoms with Crippen molar-refractivity contribution in [3.8, 4) is 0 Å². The molecule has 0 unspecified atom stereocenters. The number of hydroxylamine groups is 1. The van der Waals surface area contributed by atoms with Crippen LogP contribution in [0.5, 0.6) is 0 Å². The van der Waals surface area contributed by atoms with E-state index in [0.29, 0.717) is 5.56 Å². The zero-order chi connectivity index (χ0) is 17.7. The average Bonchev–Trinajstić information content (AvgIpc) is 2.42. The highest BCUT2D eigenvalue weighted by atomic mass is 16.7. The Morgan fingerprint density at radius 2 is 1.65 bits per heavy atom. The molecule has 6 heteroatoms. The van der Waals surface area contributed by atoms with Crippen LogP contribution >= 0.6 is 0 Å². The van der Waals surface area contributed by atoms with Gasteiger partial charge in [0.05, 0.1) is 12.1 Å². The zero-order valence-electron chi connectivity index (χ0n) is 14.4. The molecule has 0 atom stereocenters. The van der Waals surface area contributed by atoms with E-state index in [2.05, 4.69) is 31.6 Å². The maximum absolute atomic E-state index is 12.0. The topological polar surface area (TPSA) is 87.7 Å². The second-order valence-corrected chi connectivity index (χ2v) is 7.14. The van der Waals surface area contributed by atoms with Crippen molar-refractivity contribution in [2.45, 2.75) is 45.6 Å². The summed E-state index contributed by atoms with van der Waals surface area (Å²) in [6.07, 6.45) is 0. The summed E-state index contributed by atoms with van der Waals surface area (Å²) in [5.74, 6) is -0.822. The molecule has 1 aromatic rings. The molecule has 128 valence electrons. The third-order valence-corrected chi connectivity index (χ3v) is 3.03. The molecule has 2 amide bonds. The normalized spacial score (nSPS) is 11.9. The molecule has 0 aromatic heterocycles. The fourth-order valence-corrected chi connectivity index (χ4v) is 1.71. The Bertz CT molecular complexity index is 539. The van der Waals surface area contributed by atoms with Crippen molar-refractivity contribution in [3.63, 3.8) is 0 Å². The Kier molecular flexibility index (Phi) is 6.29. The lowest BCUT2D eigenvalue weighted by molar-refractivity contribution is -0.137. The van der Waals surface area contributed by atoms with Crippen molar-refractivity contribution in [2.75, 3.05) is 13.2 Å². The first-order chi connectivity index (χ1) is 10.5. The highest BCUT2D eigenvalue weighted by Gasteiger charge is 2.15. The van der Waals surface area contributed by atoms with Crippen LogP contribution in [0.1, 0.15) is 50.5 Å². The van der Waals surface area contributed by atoms with Gasteiger partial charge in [0, 0.05) is 5.56 Å². The van der Waals surface area contributed by atoms with Gasteiger partial charge in [0.1, 0.15) is 6.61 Å². The highest BCUT2D eigenvalue weighted by Crippen LogP contribution is 2.22. The number of benzene rings is 1. The van der Waals surface area contributed by atoms with Crippen molar-refractivity contribution >= 4 is 11.8 Å². The Morgan fingerprint density at radius 3 is 2.13 bits per heavy atom. The van der Waals surface area contributed by atoms with Crippen molar-refractivity contribution < 1.29 is 19.5 Å². The lowest BCUT2D eigenvalue weighted by Gasteiger charge is -2.19. The Hall–Kier alpha value is -1.92. The standard InChI is InChI=1S/C17H26N2O4/c1-16(2,3)13-8-6-12(7-9-13)15(21)18-10-14(20)19-23-11-17(4,5)22/h6-9,22H,10-11H2,1-5H3,(H,18,21)(H,19,20). The summed E-state index contributed by atoms with van der Waals surface area (Å²) in [4.78, 5) is 28.3. The maximum atomic E-state index is 12.0. The van der Waals surface area contributed by atoms with Gasteiger partial charge in [-0.1, -0.05) is 32.9 Å². The number of aliphatic hydroxyl groups is 1. The fourth-order valence-electron chi connectivity index (χ4n) is 1.71. The van der Waals surface area contributed by atoms with E-state index in [1.165, 1.54) is 0 Å². The van der Waals surface area contributed by atoms with E-state index in [1.807, 2.05) is 12.1 Å². The molecule has 1 aromatic carbocycles. The van der Waals surface area contributed by atoms with Gasteiger partial charge in [-0.25, -0.2) is 5.48 Å². The smallest absolute Gasteiger partial charge is 0.262 e. The van der Waals surface area contributed by atoms with Gasteiger partial charge in [-0.05, 0) is 37.0 Å². The van der Waals surface area contributed by atoms with Crippen molar-refractivity contribution in [2.24, 2.45) is 0 Å². The van der Waals surface area contributed by atoms with Crippen LogP contribution in [0.15, 0.2) is 24.3 Å². The van der Waals surface area contributed by atoms with Crippen LogP contribution < -0.4 is 10.8 Å². The minimum absolute atomic E-state index is 0.0205. The van der Waals surface area contributed by atoms with Gasteiger partial charge in [-0.2, -0.15) is 0 Å². The minimum atomic E-state index is -1.04. The molecule has 0 aliphatic rings. The molecule has 0 fully saturated rings. The van der Waals surface area contributed by atoms with E-state index in [0.717, 1.165) is 5.56 Å². The molecule has 0 aliphatic heterocycles. The van der Waals surface area contributed by atoms with Gasteiger partial charge in [0.15, 0.2) is 0 Å². The maximum Gasteiger partial charge on any atom is 0.262 e. The monoisotopic (exact) mass is 322 g/mol. The molecule has 0 radical (unpaired) electrons.